The molecule has 0 radical (unpaired) electrons. The maximum absolute atomic E-state index is 12.8. The lowest BCUT2D eigenvalue weighted by Gasteiger charge is -2.18. The summed E-state index contributed by atoms with van der Waals surface area (Å²) in [5.41, 5.74) is 8.57. The highest BCUT2D eigenvalue weighted by molar-refractivity contribution is 7.90. The van der Waals surface area contributed by atoms with Gasteiger partial charge < -0.3 is 21.1 Å². The second-order valence-corrected chi connectivity index (χ2v) is 8.13. The number of nitrogens with two attached hydrogens (primary N) is 1. The third kappa shape index (κ3) is 3.97. The van der Waals surface area contributed by atoms with Crippen molar-refractivity contribution in [1.82, 2.24) is 5.32 Å². The van der Waals surface area contributed by atoms with Crippen molar-refractivity contribution in [2.24, 2.45) is 5.73 Å². The lowest BCUT2D eigenvalue weighted by molar-refractivity contribution is 0.259. The van der Waals surface area contributed by atoms with Crippen LogP contribution >= 0.6 is 0 Å². The molecule has 3 rings (SSSR count). The number of urea groups is 1. The van der Waals surface area contributed by atoms with Gasteiger partial charge >= 0.3 is 6.03 Å². The number of anilines is 1. The van der Waals surface area contributed by atoms with Gasteiger partial charge in [0.1, 0.15) is 5.75 Å². The van der Waals surface area contributed by atoms with Crippen LogP contribution in [-0.2, 0) is 28.6 Å². The zero-order valence-corrected chi connectivity index (χ0v) is 15.2. The highest BCUT2D eigenvalue weighted by atomic mass is 32.2. The number of carbonyl (C=O) groups excluding carboxylic acids is 1. The number of primary amides is 1. The predicted molar refractivity (Wildman–Crippen MR) is 98.9 cm³/mol. The molecule has 2 aromatic rings. The van der Waals surface area contributed by atoms with E-state index in [-0.39, 0.29) is 16.4 Å². The number of ether oxygens (including phenoxy) is 1. The van der Waals surface area contributed by atoms with Crippen molar-refractivity contribution < 1.29 is 17.9 Å². The molecule has 0 spiro atoms. The second kappa shape index (κ2) is 7.35. The number of amides is 2. The van der Waals surface area contributed by atoms with E-state index in [4.69, 9.17) is 10.5 Å². The molecule has 2 aromatic carbocycles. The fraction of sp³-hybridized carbons (Fsp3) is 0.278. The van der Waals surface area contributed by atoms with Gasteiger partial charge in [-0.25, -0.2) is 13.2 Å². The molecule has 1 aliphatic rings. The molecule has 0 atom stereocenters. The minimum absolute atomic E-state index is 0.0978. The number of fused-ring (bicyclic) bond motifs is 1. The fourth-order valence-corrected chi connectivity index (χ4v) is 4.37. The molecule has 4 N–H and O–H groups in total. The van der Waals surface area contributed by atoms with E-state index in [1.54, 1.807) is 0 Å². The summed E-state index contributed by atoms with van der Waals surface area (Å²) in [4.78, 5) is 11.1. The highest BCUT2D eigenvalue weighted by Crippen LogP contribution is 2.29. The first-order valence-electron chi connectivity index (χ1n) is 8.18. The number of carbonyl (C=O) groups is 1. The topological polar surface area (TPSA) is 111 Å². The van der Waals surface area contributed by atoms with Crippen molar-refractivity contribution in [3.8, 4) is 5.75 Å². The smallest absolute Gasteiger partial charge is 0.316 e. The number of benzene rings is 2. The number of hydrogen-bond donors (Lipinski definition) is 3. The average Bonchev–Trinajstić information content (AvgIpc) is 2.61. The van der Waals surface area contributed by atoms with Crippen LogP contribution in [0, 0.1) is 0 Å². The minimum Gasteiger partial charge on any atom is -0.495 e. The zero-order chi connectivity index (χ0) is 18.7. The van der Waals surface area contributed by atoms with E-state index in [9.17, 15) is 13.2 Å². The molecule has 2 amide bonds. The summed E-state index contributed by atoms with van der Waals surface area (Å²) in [5, 5.41) is 5.69. The number of hydrogen-bond acceptors (Lipinski definition) is 5. The van der Waals surface area contributed by atoms with Crippen molar-refractivity contribution in [2.45, 2.75) is 23.6 Å². The average molecular weight is 375 g/mol. The second-order valence-electron chi connectivity index (χ2n) is 6.14. The van der Waals surface area contributed by atoms with Gasteiger partial charge in [0.25, 0.3) is 0 Å². The van der Waals surface area contributed by atoms with Crippen LogP contribution in [0.4, 0.5) is 10.5 Å². The summed E-state index contributed by atoms with van der Waals surface area (Å²) in [6.45, 7) is 1.71. The number of rotatable bonds is 5. The van der Waals surface area contributed by atoms with E-state index in [1.165, 1.54) is 36.4 Å². The molecular weight excluding hydrogens is 354 g/mol. The van der Waals surface area contributed by atoms with E-state index in [0.717, 1.165) is 25.1 Å². The monoisotopic (exact) mass is 375 g/mol. The predicted octanol–water partition coefficient (Wildman–Crippen LogP) is 1.81. The molecule has 7 nitrogen and oxygen atoms in total. The van der Waals surface area contributed by atoms with Crippen LogP contribution in [0.25, 0.3) is 0 Å². The van der Waals surface area contributed by atoms with Gasteiger partial charge in [0.2, 0.25) is 0 Å². The van der Waals surface area contributed by atoms with Gasteiger partial charge in [-0.05, 0) is 41.8 Å². The molecule has 1 aliphatic heterocycles. The Bertz CT molecular complexity index is 941. The van der Waals surface area contributed by atoms with Gasteiger partial charge in [0, 0.05) is 12.6 Å². The Labute approximate surface area is 152 Å². The van der Waals surface area contributed by atoms with Gasteiger partial charge in [-0.1, -0.05) is 18.2 Å². The zero-order valence-electron chi connectivity index (χ0n) is 14.4. The van der Waals surface area contributed by atoms with Gasteiger partial charge in [-0.2, -0.15) is 0 Å². The first-order valence-corrected chi connectivity index (χ1v) is 9.83. The summed E-state index contributed by atoms with van der Waals surface area (Å²) in [7, 11) is -2.16. The molecule has 26 heavy (non-hydrogen) atoms. The van der Waals surface area contributed by atoms with Crippen molar-refractivity contribution in [2.75, 3.05) is 19.0 Å². The Kier molecular flexibility index (Phi) is 5.15. The van der Waals surface area contributed by atoms with E-state index in [0.29, 0.717) is 5.69 Å². The lowest BCUT2D eigenvalue weighted by Crippen LogP contribution is -2.23. The Hall–Kier alpha value is -2.58. The summed E-state index contributed by atoms with van der Waals surface area (Å²) in [6.07, 6.45) is 0.893. The maximum Gasteiger partial charge on any atom is 0.316 e. The van der Waals surface area contributed by atoms with Crippen LogP contribution in [-0.4, -0.2) is 28.1 Å². The number of sulfone groups is 1. The molecule has 0 aromatic heterocycles. The Morgan fingerprint density at radius 1 is 1.23 bits per heavy atom. The van der Waals surface area contributed by atoms with Crippen molar-refractivity contribution in [3.05, 3.63) is 53.1 Å². The van der Waals surface area contributed by atoms with Crippen LogP contribution in [0.5, 0.6) is 5.75 Å². The molecule has 0 saturated carbocycles. The van der Waals surface area contributed by atoms with Crippen LogP contribution in [0.1, 0.15) is 16.7 Å². The quantitative estimate of drug-likeness (QED) is 0.738. The summed E-state index contributed by atoms with van der Waals surface area (Å²) in [6, 6.07) is 9.34. The lowest BCUT2D eigenvalue weighted by atomic mass is 9.99. The first-order chi connectivity index (χ1) is 12.4. The van der Waals surface area contributed by atoms with E-state index in [1.807, 2.05) is 18.2 Å². The van der Waals surface area contributed by atoms with Crippen molar-refractivity contribution in [1.29, 1.82) is 0 Å². The summed E-state index contributed by atoms with van der Waals surface area (Å²) in [5.74, 6) is 0.140. The largest absolute Gasteiger partial charge is 0.495 e. The molecule has 0 saturated heterocycles. The number of nitrogens with one attached hydrogen (secondary N) is 2. The number of methoxy groups -OCH3 is 1. The molecule has 0 unspecified atom stereocenters. The van der Waals surface area contributed by atoms with Crippen LogP contribution in [0.2, 0.25) is 0 Å². The maximum atomic E-state index is 12.8. The van der Waals surface area contributed by atoms with Crippen LogP contribution in [0.3, 0.4) is 0 Å². The standard InChI is InChI=1S/C18H21N3O4S/c1-25-17-9-15(4-5-16(17)21-18(19)22)26(23,24)11-12-2-3-14-10-20-7-6-13(14)8-12/h2-5,8-9,20H,6-7,10-11H2,1H3,(H3,19,21,22). The highest BCUT2D eigenvalue weighted by Gasteiger charge is 2.19. The molecule has 0 bridgehead atoms. The Morgan fingerprint density at radius 3 is 2.77 bits per heavy atom. The molecule has 1 heterocycles. The Morgan fingerprint density at radius 2 is 2.04 bits per heavy atom. The van der Waals surface area contributed by atoms with E-state index >= 15 is 0 Å². The molecule has 138 valence electrons. The SMILES string of the molecule is COc1cc(S(=O)(=O)Cc2ccc3c(c2)CCNC3)ccc1NC(N)=O. The molecule has 8 heteroatoms. The molecule has 0 aliphatic carbocycles. The van der Waals surface area contributed by atoms with Crippen LogP contribution < -0.4 is 21.1 Å². The first kappa shape index (κ1) is 18.2. The Balaban J connectivity index is 1.87. The normalized spacial score (nSPS) is 13.7. The third-order valence-electron chi connectivity index (χ3n) is 4.30. The molecule has 0 fully saturated rings. The van der Waals surface area contributed by atoms with Crippen molar-refractivity contribution in [3.63, 3.8) is 0 Å². The van der Waals surface area contributed by atoms with E-state index < -0.39 is 15.9 Å². The van der Waals surface area contributed by atoms with Crippen molar-refractivity contribution >= 4 is 21.6 Å². The van der Waals surface area contributed by atoms with Gasteiger partial charge in [-0.3, -0.25) is 0 Å². The van der Waals surface area contributed by atoms with E-state index in [2.05, 4.69) is 10.6 Å². The van der Waals surface area contributed by atoms with Gasteiger partial charge in [-0.15, -0.1) is 0 Å². The third-order valence-corrected chi connectivity index (χ3v) is 5.99. The molecular formula is C18H21N3O4S. The minimum atomic E-state index is -3.56. The van der Waals surface area contributed by atoms with Gasteiger partial charge in [0.15, 0.2) is 9.84 Å². The summed E-state index contributed by atoms with van der Waals surface area (Å²) < 4.78 is 30.7. The fourth-order valence-electron chi connectivity index (χ4n) is 3.02. The van der Waals surface area contributed by atoms with Gasteiger partial charge in [0.05, 0.1) is 23.4 Å². The summed E-state index contributed by atoms with van der Waals surface area (Å²) >= 11 is 0. The van der Waals surface area contributed by atoms with Crippen LogP contribution in [0.15, 0.2) is 41.3 Å².